The number of allylic oxidation sites excluding steroid dienone is 1. The Labute approximate surface area is 115 Å². The standard InChI is InChI=1S/C17H23NO/c1-11(2)15-9-4-12(3)16(17(15)19)10-13-5-7-14(18)8-6-13/h5-8,10-12,15H,4,9,18H2,1-3H3/b16-10+/t12-,15-/m0/s1. The number of hydrogen-bond acceptors (Lipinski definition) is 2. The van der Waals surface area contributed by atoms with Gasteiger partial charge in [0.1, 0.15) is 0 Å². The van der Waals surface area contributed by atoms with Crippen molar-refractivity contribution in [2.75, 3.05) is 5.73 Å². The lowest BCUT2D eigenvalue weighted by atomic mass is 9.73. The number of carbonyl (C=O) groups excluding carboxylic acids is 1. The summed E-state index contributed by atoms with van der Waals surface area (Å²) in [5.41, 5.74) is 8.49. The molecule has 1 aliphatic rings. The molecule has 0 unspecified atom stereocenters. The molecule has 0 bridgehead atoms. The zero-order valence-electron chi connectivity index (χ0n) is 12.0. The van der Waals surface area contributed by atoms with Crippen molar-refractivity contribution in [2.24, 2.45) is 17.8 Å². The second kappa shape index (κ2) is 5.60. The summed E-state index contributed by atoms with van der Waals surface area (Å²) < 4.78 is 0. The molecule has 102 valence electrons. The lowest BCUT2D eigenvalue weighted by molar-refractivity contribution is -0.122. The fourth-order valence-electron chi connectivity index (χ4n) is 2.79. The number of rotatable bonds is 2. The first-order valence-electron chi connectivity index (χ1n) is 7.10. The van der Waals surface area contributed by atoms with E-state index in [9.17, 15) is 4.79 Å². The van der Waals surface area contributed by atoms with Gasteiger partial charge in [0.2, 0.25) is 0 Å². The summed E-state index contributed by atoms with van der Waals surface area (Å²) in [6.07, 6.45) is 4.17. The summed E-state index contributed by atoms with van der Waals surface area (Å²) >= 11 is 0. The summed E-state index contributed by atoms with van der Waals surface area (Å²) in [5.74, 6) is 1.32. The Hall–Kier alpha value is -1.57. The van der Waals surface area contributed by atoms with Crippen molar-refractivity contribution < 1.29 is 4.79 Å². The highest BCUT2D eigenvalue weighted by Gasteiger charge is 2.32. The Balaban J connectivity index is 2.29. The maximum Gasteiger partial charge on any atom is 0.162 e. The summed E-state index contributed by atoms with van der Waals surface area (Å²) in [6, 6.07) is 7.71. The van der Waals surface area contributed by atoms with Gasteiger partial charge < -0.3 is 5.73 Å². The van der Waals surface area contributed by atoms with Gasteiger partial charge in [-0.1, -0.05) is 32.9 Å². The van der Waals surface area contributed by atoms with Crippen LogP contribution in [0.25, 0.3) is 6.08 Å². The third-order valence-corrected chi connectivity index (χ3v) is 4.13. The van der Waals surface area contributed by atoms with Gasteiger partial charge >= 0.3 is 0 Å². The largest absolute Gasteiger partial charge is 0.399 e. The van der Waals surface area contributed by atoms with Gasteiger partial charge in [0, 0.05) is 11.6 Å². The van der Waals surface area contributed by atoms with Crippen molar-refractivity contribution in [1.29, 1.82) is 0 Å². The maximum atomic E-state index is 12.6. The van der Waals surface area contributed by atoms with Crippen LogP contribution < -0.4 is 5.73 Å². The van der Waals surface area contributed by atoms with E-state index in [1.807, 2.05) is 30.3 Å². The van der Waals surface area contributed by atoms with Gasteiger partial charge in [-0.25, -0.2) is 0 Å². The average Bonchev–Trinajstić information content (AvgIpc) is 2.36. The van der Waals surface area contributed by atoms with E-state index in [2.05, 4.69) is 20.8 Å². The normalized spacial score (nSPS) is 26.1. The van der Waals surface area contributed by atoms with Crippen LogP contribution in [0.3, 0.4) is 0 Å². The molecule has 1 fully saturated rings. The quantitative estimate of drug-likeness (QED) is 0.644. The minimum Gasteiger partial charge on any atom is -0.399 e. The first kappa shape index (κ1) is 13.9. The highest BCUT2D eigenvalue weighted by atomic mass is 16.1. The molecule has 1 saturated carbocycles. The Morgan fingerprint density at radius 1 is 1.21 bits per heavy atom. The van der Waals surface area contributed by atoms with Crippen molar-refractivity contribution in [3.63, 3.8) is 0 Å². The number of hydrogen-bond donors (Lipinski definition) is 1. The number of nitrogens with two attached hydrogens (primary N) is 1. The zero-order chi connectivity index (χ0) is 14.0. The molecule has 1 aromatic rings. The molecule has 0 aliphatic heterocycles. The van der Waals surface area contributed by atoms with E-state index in [1.165, 1.54) is 0 Å². The monoisotopic (exact) mass is 257 g/mol. The molecule has 2 atom stereocenters. The van der Waals surface area contributed by atoms with Crippen LogP contribution >= 0.6 is 0 Å². The van der Waals surface area contributed by atoms with Crippen molar-refractivity contribution in [2.45, 2.75) is 33.6 Å². The smallest absolute Gasteiger partial charge is 0.162 e. The maximum absolute atomic E-state index is 12.6. The molecule has 0 saturated heterocycles. The van der Waals surface area contributed by atoms with Crippen LogP contribution in [-0.2, 0) is 4.79 Å². The van der Waals surface area contributed by atoms with Crippen LogP contribution in [0.5, 0.6) is 0 Å². The molecule has 2 nitrogen and oxygen atoms in total. The molecule has 0 spiro atoms. The van der Waals surface area contributed by atoms with E-state index in [0.29, 0.717) is 17.6 Å². The van der Waals surface area contributed by atoms with Crippen LogP contribution in [0, 0.1) is 17.8 Å². The van der Waals surface area contributed by atoms with Gasteiger partial charge in [0.25, 0.3) is 0 Å². The first-order chi connectivity index (χ1) is 8.99. The lowest BCUT2D eigenvalue weighted by Gasteiger charge is -2.30. The predicted octanol–water partition coefficient (Wildman–Crippen LogP) is 3.92. The number of nitrogen functional groups attached to an aromatic ring is 1. The highest BCUT2D eigenvalue weighted by molar-refractivity contribution is 6.02. The van der Waals surface area contributed by atoms with Crippen molar-refractivity contribution >= 4 is 17.5 Å². The predicted molar refractivity (Wildman–Crippen MR) is 80.6 cm³/mol. The topological polar surface area (TPSA) is 43.1 Å². The number of anilines is 1. The number of Topliss-reactive ketones (excluding diaryl/α,β-unsaturated/α-hetero) is 1. The summed E-state index contributed by atoms with van der Waals surface area (Å²) in [4.78, 5) is 12.6. The van der Waals surface area contributed by atoms with Crippen LogP contribution in [-0.4, -0.2) is 5.78 Å². The zero-order valence-corrected chi connectivity index (χ0v) is 12.0. The van der Waals surface area contributed by atoms with E-state index in [0.717, 1.165) is 29.7 Å². The van der Waals surface area contributed by atoms with Gasteiger partial charge in [0.15, 0.2) is 5.78 Å². The average molecular weight is 257 g/mol. The van der Waals surface area contributed by atoms with Gasteiger partial charge in [-0.05, 0) is 54.0 Å². The van der Waals surface area contributed by atoms with E-state index in [-0.39, 0.29) is 5.92 Å². The second-order valence-corrected chi connectivity index (χ2v) is 5.96. The van der Waals surface area contributed by atoms with Crippen LogP contribution in [0.4, 0.5) is 5.69 Å². The molecular formula is C17H23NO. The van der Waals surface area contributed by atoms with Crippen LogP contribution in [0.15, 0.2) is 29.8 Å². The van der Waals surface area contributed by atoms with Gasteiger partial charge in [0.05, 0.1) is 0 Å². The molecule has 2 rings (SSSR count). The van der Waals surface area contributed by atoms with Crippen LogP contribution in [0.1, 0.15) is 39.2 Å². The molecule has 1 aromatic carbocycles. The Bertz CT molecular complexity index is 484. The molecule has 2 heteroatoms. The number of ketones is 1. The third kappa shape index (κ3) is 3.06. The van der Waals surface area contributed by atoms with E-state index < -0.39 is 0 Å². The molecule has 2 N–H and O–H groups in total. The molecule has 1 aliphatic carbocycles. The lowest BCUT2D eigenvalue weighted by Crippen LogP contribution is -2.30. The van der Waals surface area contributed by atoms with Gasteiger partial charge in [-0.2, -0.15) is 0 Å². The van der Waals surface area contributed by atoms with E-state index >= 15 is 0 Å². The summed E-state index contributed by atoms with van der Waals surface area (Å²) in [7, 11) is 0. The van der Waals surface area contributed by atoms with Gasteiger partial charge in [-0.15, -0.1) is 0 Å². The third-order valence-electron chi connectivity index (χ3n) is 4.13. The molecule has 0 radical (unpaired) electrons. The minimum atomic E-state index is 0.191. The minimum absolute atomic E-state index is 0.191. The second-order valence-electron chi connectivity index (χ2n) is 5.96. The fraction of sp³-hybridized carbons (Fsp3) is 0.471. The fourth-order valence-corrected chi connectivity index (χ4v) is 2.79. The molecule has 0 aromatic heterocycles. The molecular weight excluding hydrogens is 234 g/mol. The Kier molecular flexibility index (Phi) is 4.08. The van der Waals surface area contributed by atoms with Crippen molar-refractivity contribution in [3.05, 3.63) is 35.4 Å². The SMILES string of the molecule is CC(C)[C@@H]1CC[C@H](C)/C(=C\c2ccc(N)cc2)C1=O. The molecule has 19 heavy (non-hydrogen) atoms. The van der Waals surface area contributed by atoms with Crippen molar-refractivity contribution in [3.8, 4) is 0 Å². The summed E-state index contributed by atoms with van der Waals surface area (Å²) in [5, 5.41) is 0. The Morgan fingerprint density at radius 3 is 2.42 bits per heavy atom. The number of benzene rings is 1. The van der Waals surface area contributed by atoms with E-state index in [1.54, 1.807) is 0 Å². The Morgan fingerprint density at radius 2 is 1.84 bits per heavy atom. The summed E-state index contributed by atoms with van der Waals surface area (Å²) in [6.45, 7) is 6.43. The molecule has 0 amide bonds. The first-order valence-corrected chi connectivity index (χ1v) is 7.10. The van der Waals surface area contributed by atoms with Gasteiger partial charge in [-0.3, -0.25) is 4.79 Å². The number of carbonyl (C=O) groups is 1. The van der Waals surface area contributed by atoms with Crippen LogP contribution in [0.2, 0.25) is 0 Å². The van der Waals surface area contributed by atoms with Crippen molar-refractivity contribution in [1.82, 2.24) is 0 Å². The van der Waals surface area contributed by atoms with E-state index in [4.69, 9.17) is 5.73 Å². The highest BCUT2D eigenvalue weighted by Crippen LogP contribution is 2.35. The molecule has 0 heterocycles.